The summed E-state index contributed by atoms with van der Waals surface area (Å²) in [6.45, 7) is 17.5. The highest BCUT2D eigenvalue weighted by Crippen LogP contribution is 2.31. The van der Waals surface area contributed by atoms with Crippen molar-refractivity contribution in [3.8, 4) is 0 Å². The first-order chi connectivity index (χ1) is 18.7. The number of likely N-dealkylation sites (N-methyl/N-ethyl adjacent to an activating group) is 3. The van der Waals surface area contributed by atoms with E-state index in [1.807, 2.05) is 6.92 Å². The molecule has 1 rings (SSSR count). The van der Waals surface area contributed by atoms with Crippen molar-refractivity contribution in [3.05, 3.63) is 0 Å². The molecule has 2 amide bonds. The number of nitrogens with zero attached hydrogens (tertiary/aromatic N) is 4. The number of urea groups is 1. The van der Waals surface area contributed by atoms with E-state index in [2.05, 4.69) is 58.5 Å². The van der Waals surface area contributed by atoms with Crippen molar-refractivity contribution in [1.82, 2.24) is 19.6 Å². The lowest BCUT2D eigenvalue weighted by Gasteiger charge is -2.33. The van der Waals surface area contributed by atoms with Gasteiger partial charge in [-0.3, -0.25) is 13.3 Å². The fraction of sp³-hybridized carbons (Fsp3) is 0.897. The van der Waals surface area contributed by atoms with Crippen LogP contribution < -0.4 is 0 Å². The van der Waals surface area contributed by atoms with E-state index in [0.29, 0.717) is 47.6 Å². The highest BCUT2D eigenvalue weighted by molar-refractivity contribution is 7.85. The van der Waals surface area contributed by atoms with E-state index in [1.54, 1.807) is 9.80 Å². The molecule has 3 unspecified atom stereocenters. The van der Waals surface area contributed by atoms with Gasteiger partial charge in [-0.1, -0.05) is 59.1 Å². The van der Waals surface area contributed by atoms with E-state index in [1.165, 1.54) is 0 Å². The lowest BCUT2D eigenvalue weighted by molar-refractivity contribution is 0.173. The minimum atomic E-state index is -0.905. The second-order valence-electron chi connectivity index (χ2n) is 12.4. The first-order valence-electron chi connectivity index (χ1n) is 14.9. The van der Waals surface area contributed by atoms with Crippen molar-refractivity contribution < 1.29 is 13.2 Å². The van der Waals surface area contributed by atoms with Crippen LogP contribution in [0.3, 0.4) is 0 Å². The molecule has 0 aliphatic carbocycles. The zero-order valence-electron chi connectivity index (χ0n) is 26.5. The Morgan fingerprint density at radius 2 is 1.50 bits per heavy atom. The molecule has 11 heteroatoms. The second kappa shape index (κ2) is 18.2. The van der Waals surface area contributed by atoms with Crippen LogP contribution in [-0.4, -0.2) is 120 Å². The van der Waals surface area contributed by atoms with Crippen LogP contribution >= 0.6 is 24.4 Å². The smallest absolute Gasteiger partial charge is 0.325 e. The molecule has 40 heavy (non-hydrogen) atoms. The standard InChI is InChI=1S/C29H56N4O3S4/c1-9-29(6,24-33-26(38)22-32(11-3)27(33)34)16-13-18-40(36)20-14-19-39(35)17-12-15-28(4,5)23-31(8)25(37)21-30(7)10-2/h9-24H2,1-8H3. The molecule has 0 aromatic rings. The van der Waals surface area contributed by atoms with E-state index < -0.39 is 21.6 Å². The van der Waals surface area contributed by atoms with Crippen LogP contribution in [0.1, 0.15) is 80.1 Å². The second-order valence-corrected chi connectivity index (χ2v) is 16.8. The van der Waals surface area contributed by atoms with Gasteiger partial charge in [0.2, 0.25) is 0 Å². The van der Waals surface area contributed by atoms with Gasteiger partial charge in [-0.2, -0.15) is 0 Å². The quantitative estimate of drug-likeness (QED) is 0.161. The molecule has 7 nitrogen and oxygen atoms in total. The van der Waals surface area contributed by atoms with Crippen molar-refractivity contribution in [1.29, 1.82) is 0 Å². The summed E-state index contributed by atoms with van der Waals surface area (Å²) in [5.41, 5.74) is 0.0547. The number of carbonyl (C=O) groups is 1. The van der Waals surface area contributed by atoms with Crippen LogP contribution in [0, 0.1) is 10.8 Å². The minimum Gasteiger partial charge on any atom is -0.368 e. The van der Waals surface area contributed by atoms with Gasteiger partial charge in [-0.25, -0.2) is 4.79 Å². The average molecular weight is 637 g/mol. The largest absolute Gasteiger partial charge is 0.368 e. The number of hydrogen-bond acceptors (Lipinski definition) is 6. The highest BCUT2D eigenvalue weighted by Gasteiger charge is 2.36. The number of amides is 2. The zero-order chi connectivity index (χ0) is 30.5. The lowest BCUT2D eigenvalue weighted by Crippen LogP contribution is -2.40. The number of rotatable bonds is 21. The lowest BCUT2D eigenvalue weighted by atomic mass is 9.82. The Kier molecular flexibility index (Phi) is 17.1. The molecule has 0 spiro atoms. The third-order valence-corrected chi connectivity index (χ3v) is 11.8. The van der Waals surface area contributed by atoms with Gasteiger partial charge in [0.1, 0.15) is 4.99 Å². The van der Waals surface area contributed by atoms with Gasteiger partial charge >= 0.3 is 6.03 Å². The maximum atomic E-state index is 12.6. The molecule has 1 aliphatic heterocycles. The van der Waals surface area contributed by atoms with E-state index in [0.717, 1.165) is 63.1 Å². The molecule has 1 aliphatic rings. The third kappa shape index (κ3) is 13.7. The maximum absolute atomic E-state index is 12.6. The van der Waals surface area contributed by atoms with Gasteiger partial charge in [-0.15, -0.1) is 0 Å². The maximum Gasteiger partial charge on any atom is 0.325 e. The van der Waals surface area contributed by atoms with Crippen molar-refractivity contribution in [2.45, 2.75) is 80.1 Å². The summed E-state index contributed by atoms with van der Waals surface area (Å²) in [6.07, 6.45) is 5.36. The fourth-order valence-electron chi connectivity index (χ4n) is 4.98. The van der Waals surface area contributed by atoms with Crippen molar-refractivity contribution in [2.24, 2.45) is 10.8 Å². The van der Waals surface area contributed by atoms with Gasteiger partial charge in [0.05, 0.1) is 11.5 Å². The Hall–Kier alpha value is -0.490. The molecule has 234 valence electrons. The van der Waals surface area contributed by atoms with Gasteiger partial charge in [0.25, 0.3) is 0 Å². The molecule has 0 aromatic carbocycles. The van der Waals surface area contributed by atoms with Crippen molar-refractivity contribution in [3.63, 3.8) is 0 Å². The molecule has 0 bridgehead atoms. The Morgan fingerprint density at radius 3 is 2.00 bits per heavy atom. The third-order valence-electron chi connectivity index (χ3n) is 8.06. The Bertz CT molecular complexity index is 885. The number of thiocarbonyl (C=S) groups is 2. The molecular formula is C29H56N4O3S4. The molecule has 0 N–H and O–H groups in total. The molecule has 1 saturated heterocycles. The van der Waals surface area contributed by atoms with Crippen molar-refractivity contribution in [2.75, 3.05) is 76.4 Å². The molecule has 3 atom stereocenters. The number of hydrogen-bond donors (Lipinski definition) is 0. The topological polar surface area (TPSA) is 64.2 Å². The van der Waals surface area contributed by atoms with Gasteiger partial charge in [0.15, 0.2) is 0 Å². The van der Waals surface area contributed by atoms with Crippen molar-refractivity contribution >= 4 is 62.0 Å². The summed E-state index contributed by atoms with van der Waals surface area (Å²) in [4.78, 5) is 22.2. The zero-order valence-corrected chi connectivity index (χ0v) is 29.7. The Labute approximate surface area is 261 Å². The first kappa shape index (κ1) is 37.5. The molecule has 0 saturated carbocycles. The summed E-state index contributed by atoms with van der Waals surface area (Å²) < 4.78 is 25.2. The molecule has 0 aromatic heterocycles. The van der Waals surface area contributed by atoms with Crippen LogP contribution in [0.15, 0.2) is 0 Å². The van der Waals surface area contributed by atoms with Crippen LogP contribution in [0.25, 0.3) is 0 Å². The SMILES string of the molecule is CCN(C)CC(=S)N(C)CC(C)(C)CCCS(=O)CCCS(=O)CCCC(C)(CC)CN1C(=O)N(CC)CC1=S. The molecule has 1 heterocycles. The monoisotopic (exact) mass is 636 g/mol. The summed E-state index contributed by atoms with van der Waals surface area (Å²) in [6, 6.07) is 0.0131. The van der Waals surface area contributed by atoms with E-state index in [4.69, 9.17) is 24.4 Å². The predicted octanol–water partition coefficient (Wildman–Crippen LogP) is 5.17. The van der Waals surface area contributed by atoms with Gasteiger partial charge in [0, 0.05) is 77.8 Å². The Balaban J connectivity index is 2.29. The van der Waals surface area contributed by atoms with Gasteiger partial charge < -0.3 is 14.7 Å². The van der Waals surface area contributed by atoms with Crippen LogP contribution in [0.5, 0.6) is 0 Å². The first-order valence-corrected chi connectivity index (χ1v) is 18.7. The van der Waals surface area contributed by atoms with Crippen LogP contribution in [0.4, 0.5) is 4.79 Å². The highest BCUT2D eigenvalue weighted by atomic mass is 32.2. The molecule has 0 radical (unpaired) electrons. The summed E-state index contributed by atoms with van der Waals surface area (Å²) >= 11 is 11.1. The van der Waals surface area contributed by atoms with Crippen LogP contribution in [-0.2, 0) is 21.6 Å². The predicted molar refractivity (Wildman–Crippen MR) is 181 cm³/mol. The van der Waals surface area contributed by atoms with E-state index in [9.17, 15) is 13.2 Å². The summed E-state index contributed by atoms with van der Waals surface area (Å²) in [7, 11) is 2.37. The molecular weight excluding hydrogens is 581 g/mol. The summed E-state index contributed by atoms with van der Waals surface area (Å²) in [5.74, 6) is 2.58. The van der Waals surface area contributed by atoms with E-state index >= 15 is 0 Å². The normalized spacial score (nSPS) is 17.4. The molecule has 1 fully saturated rings. The Morgan fingerprint density at radius 1 is 0.950 bits per heavy atom. The van der Waals surface area contributed by atoms with Crippen LogP contribution in [0.2, 0.25) is 0 Å². The minimum absolute atomic E-state index is 0.0131. The summed E-state index contributed by atoms with van der Waals surface area (Å²) in [5, 5.41) is 0. The average Bonchev–Trinajstić information content (AvgIpc) is 3.15. The fourth-order valence-corrected chi connectivity index (χ4v) is 8.01. The number of carbonyl (C=O) groups excluding carboxylic acids is 1. The van der Waals surface area contributed by atoms with Gasteiger partial charge in [-0.05, 0) is 69.9 Å². The van der Waals surface area contributed by atoms with E-state index in [-0.39, 0.29) is 16.9 Å².